The maximum absolute atomic E-state index is 14.1. The molecule has 5 heteroatoms. The number of halogens is 1. The molecule has 0 saturated carbocycles. The van der Waals surface area contributed by atoms with Gasteiger partial charge in [-0.15, -0.1) is 0 Å². The number of fused-ring (bicyclic) bond motifs is 1. The SMILES string of the molecule is Cc1c(CN2CCN(Cc3ccccc3F)[C@H](CCO)C2)[nH]c2ccccc12. The summed E-state index contributed by atoms with van der Waals surface area (Å²) >= 11 is 0. The molecular formula is C23H28FN3O. The Morgan fingerprint density at radius 2 is 1.86 bits per heavy atom. The van der Waals surface area contributed by atoms with E-state index in [-0.39, 0.29) is 18.5 Å². The van der Waals surface area contributed by atoms with Crippen molar-refractivity contribution < 1.29 is 9.50 Å². The summed E-state index contributed by atoms with van der Waals surface area (Å²) in [6, 6.07) is 15.6. The number of piperazine rings is 1. The number of aliphatic hydroxyl groups is 1. The zero-order chi connectivity index (χ0) is 19.5. The average Bonchev–Trinajstić information content (AvgIpc) is 3.01. The van der Waals surface area contributed by atoms with E-state index in [1.165, 1.54) is 28.2 Å². The number of aliphatic hydroxyl groups excluding tert-OH is 1. The van der Waals surface area contributed by atoms with E-state index in [1.807, 2.05) is 12.1 Å². The average molecular weight is 381 g/mol. The molecule has 1 saturated heterocycles. The van der Waals surface area contributed by atoms with E-state index in [0.29, 0.717) is 13.0 Å². The minimum absolute atomic E-state index is 0.150. The molecule has 1 aliphatic rings. The summed E-state index contributed by atoms with van der Waals surface area (Å²) < 4.78 is 14.1. The molecule has 1 fully saturated rings. The number of aromatic amines is 1. The molecule has 1 aromatic heterocycles. The largest absolute Gasteiger partial charge is 0.396 e. The highest BCUT2D eigenvalue weighted by Gasteiger charge is 2.27. The molecule has 0 bridgehead atoms. The van der Waals surface area contributed by atoms with Gasteiger partial charge in [0.25, 0.3) is 0 Å². The molecule has 3 aromatic rings. The molecule has 0 aliphatic carbocycles. The Labute approximate surface area is 165 Å². The van der Waals surface area contributed by atoms with Crippen LogP contribution in [0.3, 0.4) is 0 Å². The predicted molar refractivity (Wildman–Crippen MR) is 111 cm³/mol. The van der Waals surface area contributed by atoms with Crippen molar-refractivity contribution in [2.75, 3.05) is 26.2 Å². The first-order chi connectivity index (χ1) is 13.7. The summed E-state index contributed by atoms with van der Waals surface area (Å²) in [4.78, 5) is 8.31. The number of aromatic nitrogens is 1. The number of benzene rings is 2. The fourth-order valence-electron chi connectivity index (χ4n) is 4.30. The van der Waals surface area contributed by atoms with Crippen LogP contribution in [0.1, 0.15) is 23.2 Å². The smallest absolute Gasteiger partial charge is 0.127 e. The van der Waals surface area contributed by atoms with E-state index in [1.54, 1.807) is 6.07 Å². The quantitative estimate of drug-likeness (QED) is 0.684. The lowest BCUT2D eigenvalue weighted by Crippen LogP contribution is -2.52. The summed E-state index contributed by atoms with van der Waals surface area (Å²) in [5.74, 6) is -0.152. The summed E-state index contributed by atoms with van der Waals surface area (Å²) in [7, 11) is 0. The molecule has 1 aliphatic heterocycles. The van der Waals surface area contributed by atoms with Crippen LogP contribution in [0, 0.1) is 12.7 Å². The molecule has 2 N–H and O–H groups in total. The minimum atomic E-state index is -0.152. The molecule has 0 spiro atoms. The number of hydrogen-bond acceptors (Lipinski definition) is 3. The molecular weight excluding hydrogens is 353 g/mol. The van der Waals surface area contributed by atoms with Gasteiger partial charge in [0.15, 0.2) is 0 Å². The maximum atomic E-state index is 14.1. The van der Waals surface area contributed by atoms with E-state index in [9.17, 15) is 9.50 Å². The Morgan fingerprint density at radius 1 is 1.07 bits per heavy atom. The van der Waals surface area contributed by atoms with Gasteiger partial charge in [0.1, 0.15) is 5.82 Å². The molecule has 0 unspecified atom stereocenters. The molecule has 1 atom stereocenters. The highest BCUT2D eigenvalue weighted by atomic mass is 19.1. The molecule has 148 valence electrons. The van der Waals surface area contributed by atoms with Crippen LogP contribution in [0.4, 0.5) is 4.39 Å². The lowest BCUT2D eigenvalue weighted by molar-refractivity contribution is 0.0487. The van der Waals surface area contributed by atoms with Crippen molar-refractivity contribution in [3.63, 3.8) is 0 Å². The number of nitrogens with one attached hydrogen (secondary N) is 1. The fraction of sp³-hybridized carbons (Fsp3) is 0.391. The number of para-hydroxylation sites is 1. The monoisotopic (exact) mass is 381 g/mol. The van der Waals surface area contributed by atoms with Gasteiger partial charge in [-0.1, -0.05) is 36.4 Å². The zero-order valence-corrected chi connectivity index (χ0v) is 16.4. The van der Waals surface area contributed by atoms with Crippen LogP contribution in [-0.4, -0.2) is 52.2 Å². The van der Waals surface area contributed by atoms with Crippen molar-refractivity contribution in [2.45, 2.75) is 32.5 Å². The van der Waals surface area contributed by atoms with E-state index < -0.39 is 0 Å². The van der Waals surface area contributed by atoms with Crippen LogP contribution >= 0.6 is 0 Å². The molecule has 2 heterocycles. The lowest BCUT2D eigenvalue weighted by Gasteiger charge is -2.41. The predicted octanol–water partition coefficient (Wildman–Crippen LogP) is 3.68. The number of aryl methyl sites for hydroxylation is 1. The first kappa shape index (κ1) is 19.1. The van der Waals surface area contributed by atoms with Crippen molar-refractivity contribution in [1.82, 2.24) is 14.8 Å². The standard InChI is InChI=1S/C23H28FN3O/c1-17-20-7-3-5-9-22(20)25-23(17)16-26-11-12-27(19(15-26)10-13-28)14-18-6-2-4-8-21(18)24/h2-9,19,25,28H,10-16H2,1H3/t19-/m1/s1. The van der Waals surface area contributed by atoms with Gasteiger partial charge in [-0.2, -0.15) is 0 Å². The Kier molecular flexibility index (Phi) is 5.76. The number of hydrogen-bond donors (Lipinski definition) is 2. The van der Waals surface area contributed by atoms with Gasteiger partial charge in [0.2, 0.25) is 0 Å². The second kappa shape index (κ2) is 8.43. The second-order valence-corrected chi connectivity index (χ2v) is 7.74. The van der Waals surface area contributed by atoms with Crippen molar-refractivity contribution in [1.29, 1.82) is 0 Å². The van der Waals surface area contributed by atoms with Crippen LogP contribution in [0.2, 0.25) is 0 Å². The Hall–Kier alpha value is -2.21. The van der Waals surface area contributed by atoms with E-state index in [0.717, 1.165) is 31.7 Å². The fourth-order valence-corrected chi connectivity index (χ4v) is 4.30. The molecule has 4 rings (SSSR count). The molecule has 0 radical (unpaired) electrons. The lowest BCUT2D eigenvalue weighted by atomic mass is 10.1. The highest BCUT2D eigenvalue weighted by Crippen LogP contribution is 2.24. The van der Waals surface area contributed by atoms with Gasteiger partial charge in [0.05, 0.1) is 0 Å². The van der Waals surface area contributed by atoms with Crippen LogP contribution < -0.4 is 0 Å². The van der Waals surface area contributed by atoms with Gasteiger partial charge in [0, 0.05) is 67.5 Å². The first-order valence-electron chi connectivity index (χ1n) is 10.0. The Morgan fingerprint density at radius 3 is 2.64 bits per heavy atom. The van der Waals surface area contributed by atoms with Gasteiger partial charge in [-0.3, -0.25) is 9.80 Å². The summed E-state index contributed by atoms with van der Waals surface area (Å²) in [5, 5.41) is 10.8. The van der Waals surface area contributed by atoms with Crippen LogP contribution in [0.5, 0.6) is 0 Å². The van der Waals surface area contributed by atoms with E-state index in [4.69, 9.17) is 0 Å². The van der Waals surface area contributed by atoms with Crippen molar-refractivity contribution in [3.05, 3.63) is 71.2 Å². The molecule has 28 heavy (non-hydrogen) atoms. The zero-order valence-electron chi connectivity index (χ0n) is 16.4. The van der Waals surface area contributed by atoms with Gasteiger partial charge >= 0.3 is 0 Å². The van der Waals surface area contributed by atoms with Crippen LogP contribution in [0.15, 0.2) is 48.5 Å². The molecule has 4 nitrogen and oxygen atoms in total. The van der Waals surface area contributed by atoms with Crippen molar-refractivity contribution in [3.8, 4) is 0 Å². The van der Waals surface area contributed by atoms with Crippen molar-refractivity contribution >= 4 is 10.9 Å². The summed E-state index contributed by atoms with van der Waals surface area (Å²) in [5.41, 5.74) is 4.47. The van der Waals surface area contributed by atoms with Crippen LogP contribution in [0.25, 0.3) is 10.9 Å². The van der Waals surface area contributed by atoms with E-state index >= 15 is 0 Å². The second-order valence-electron chi connectivity index (χ2n) is 7.74. The maximum Gasteiger partial charge on any atom is 0.127 e. The third-order valence-electron chi connectivity index (χ3n) is 5.93. The Balaban J connectivity index is 1.46. The van der Waals surface area contributed by atoms with Gasteiger partial charge in [-0.25, -0.2) is 4.39 Å². The van der Waals surface area contributed by atoms with Gasteiger partial charge < -0.3 is 10.1 Å². The topological polar surface area (TPSA) is 42.5 Å². The summed E-state index contributed by atoms with van der Waals surface area (Å²) in [6.07, 6.45) is 0.705. The van der Waals surface area contributed by atoms with E-state index in [2.05, 4.69) is 46.0 Å². The minimum Gasteiger partial charge on any atom is -0.396 e. The molecule has 2 aromatic carbocycles. The first-order valence-corrected chi connectivity index (χ1v) is 10.0. The summed E-state index contributed by atoms with van der Waals surface area (Å²) in [6.45, 7) is 6.48. The normalized spacial score (nSPS) is 18.8. The molecule has 0 amide bonds. The highest BCUT2D eigenvalue weighted by molar-refractivity contribution is 5.84. The van der Waals surface area contributed by atoms with Crippen LogP contribution in [-0.2, 0) is 13.1 Å². The Bertz CT molecular complexity index is 938. The van der Waals surface area contributed by atoms with Crippen molar-refractivity contribution in [2.24, 2.45) is 0 Å². The third-order valence-corrected chi connectivity index (χ3v) is 5.93. The number of nitrogens with zero attached hydrogens (tertiary/aromatic N) is 2. The number of H-pyrrole nitrogens is 1. The number of rotatable bonds is 6. The van der Waals surface area contributed by atoms with Gasteiger partial charge in [-0.05, 0) is 31.0 Å². The third kappa shape index (κ3) is 3.97.